The number of carbonyl (C=O) groups is 1. The van der Waals surface area contributed by atoms with Gasteiger partial charge in [0.05, 0.1) is 6.61 Å². The quantitative estimate of drug-likeness (QED) is 0.604. The van der Waals surface area contributed by atoms with Crippen LogP contribution in [0.5, 0.6) is 11.5 Å². The van der Waals surface area contributed by atoms with E-state index in [9.17, 15) is 9.90 Å². The molecule has 1 fully saturated rings. The fourth-order valence-corrected chi connectivity index (χ4v) is 4.98. The summed E-state index contributed by atoms with van der Waals surface area (Å²) in [7, 11) is 0. The van der Waals surface area contributed by atoms with E-state index in [-0.39, 0.29) is 23.5 Å². The van der Waals surface area contributed by atoms with Gasteiger partial charge in [-0.1, -0.05) is 48.5 Å². The van der Waals surface area contributed by atoms with Crippen LogP contribution in [0.3, 0.4) is 0 Å². The monoisotopic (exact) mass is 413 g/mol. The maximum Gasteiger partial charge on any atom is 0.126 e. The summed E-state index contributed by atoms with van der Waals surface area (Å²) in [6, 6.07) is 24.8. The lowest BCUT2D eigenvalue weighted by Crippen LogP contribution is -2.34. The van der Waals surface area contributed by atoms with Crippen molar-refractivity contribution in [3.8, 4) is 11.5 Å². The summed E-state index contributed by atoms with van der Waals surface area (Å²) in [5, 5.41) is 9.94. The van der Waals surface area contributed by atoms with Crippen molar-refractivity contribution < 1.29 is 14.6 Å². The Hall–Kier alpha value is -3.27. The van der Waals surface area contributed by atoms with Crippen molar-refractivity contribution in [2.45, 2.75) is 24.7 Å². The van der Waals surface area contributed by atoms with Gasteiger partial charge in [-0.25, -0.2) is 0 Å². The van der Waals surface area contributed by atoms with Crippen LogP contribution >= 0.6 is 0 Å². The van der Waals surface area contributed by atoms with E-state index in [1.54, 1.807) is 12.1 Å². The van der Waals surface area contributed by atoms with Gasteiger partial charge in [-0.3, -0.25) is 0 Å². The number of fused-ring (bicyclic) bond motifs is 1. The predicted molar refractivity (Wildman–Crippen MR) is 122 cm³/mol. The molecule has 0 bridgehead atoms. The molecular weight excluding hydrogens is 386 g/mol. The normalized spacial score (nSPS) is 21.2. The molecule has 3 aromatic rings. The van der Waals surface area contributed by atoms with E-state index in [1.165, 1.54) is 16.8 Å². The summed E-state index contributed by atoms with van der Waals surface area (Å²) in [5.74, 6) is 1.55. The number of hydrogen-bond donors (Lipinski definition) is 1. The average molecular weight is 414 g/mol. The van der Waals surface area contributed by atoms with Gasteiger partial charge < -0.3 is 19.5 Å². The van der Waals surface area contributed by atoms with Crippen LogP contribution in [0.4, 0.5) is 5.69 Å². The Kier molecular flexibility index (Phi) is 5.37. The van der Waals surface area contributed by atoms with Gasteiger partial charge >= 0.3 is 0 Å². The number of ether oxygens (including phenoxy) is 1. The molecule has 0 spiro atoms. The van der Waals surface area contributed by atoms with Crippen LogP contribution in [0.1, 0.15) is 41.4 Å². The topological polar surface area (TPSA) is 49.8 Å². The first kappa shape index (κ1) is 19.7. The molecule has 2 heterocycles. The molecule has 0 saturated carbocycles. The third-order valence-electron chi connectivity index (χ3n) is 6.73. The summed E-state index contributed by atoms with van der Waals surface area (Å²) in [6.45, 7) is 2.43. The fraction of sp³-hybridized carbons (Fsp3) is 0.296. The zero-order valence-corrected chi connectivity index (χ0v) is 17.5. The van der Waals surface area contributed by atoms with Crippen LogP contribution < -0.4 is 9.64 Å². The van der Waals surface area contributed by atoms with Crippen molar-refractivity contribution in [1.29, 1.82) is 0 Å². The molecule has 0 aromatic heterocycles. The first-order valence-corrected chi connectivity index (χ1v) is 11.0. The highest BCUT2D eigenvalue weighted by atomic mass is 16.5. The second-order valence-electron chi connectivity index (χ2n) is 8.58. The SMILES string of the molecule is O=CC1CCN(c2ccc([C@@H]3c4ccc(O)cc4OC[C@@H]3c3ccccc3)cc2)CC1. The van der Waals surface area contributed by atoms with Crippen LogP contribution in [0.25, 0.3) is 0 Å². The third-order valence-corrected chi connectivity index (χ3v) is 6.73. The number of rotatable bonds is 4. The molecular formula is C27H27NO3. The standard InChI is InChI=1S/C27H27NO3/c29-17-19-12-14-28(15-13-19)22-8-6-21(7-9-22)27-24-11-10-23(30)16-26(24)31-18-25(27)20-4-2-1-3-5-20/h1-11,16-17,19,25,27,30H,12-15,18H2/t25-,27-/m1/s1. The molecule has 0 aliphatic carbocycles. The lowest BCUT2D eigenvalue weighted by molar-refractivity contribution is -0.111. The molecule has 0 radical (unpaired) electrons. The highest BCUT2D eigenvalue weighted by molar-refractivity contribution is 5.57. The van der Waals surface area contributed by atoms with Crippen LogP contribution in [0, 0.1) is 5.92 Å². The zero-order chi connectivity index (χ0) is 21.2. The van der Waals surface area contributed by atoms with Gasteiger partial charge in [-0.05, 0) is 42.2 Å². The van der Waals surface area contributed by atoms with Crippen LogP contribution in [-0.2, 0) is 4.79 Å². The van der Waals surface area contributed by atoms with Crippen molar-refractivity contribution in [3.05, 3.63) is 89.5 Å². The minimum Gasteiger partial charge on any atom is -0.508 e. The number of benzene rings is 3. The second kappa shape index (κ2) is 8.46. The average Bonchev–Trinajstić information content (AvgIpc) is 2.84. The molecule has 1 saturated heterocycles. The Morgan fingerprint density at radius 2 is 1.65 bits per heavy atom. The smallest absolute Gasteiger partial charge is 0.126 e. The summed E-state index contributed by atoms with van der Waals surface area (Å²) in [6.07, 6.45) is 2.96. The molecule has 0 amide bonds. The molecule has 31 heavy (non-hydrogen) atoms. The lowest BCUT2D eigenvalue weighted by atomic mass is 9.76. The van der Waals surface area contributed by atoms with E-state index in [4.69, 9.17) is 4.74 Å². The van der Waals surface area contributed by atoms with Crippen LogP contribution in [0.2, 0.25) is 0 Å². The summed E-state index contributed by atoms with van der Waals surface area (Å²) >= 11 is 0. The van der Waals surface area contributed by atoms with Gasteiger partial charge in [0.15, 0.2) is 0 Å². The van der Waals surface area contributed by atoms with Crippen molar-refractivity contribution in [2.75, 3.05) is 24.6 Å². The number of aromatic hydroxyl groups is 1. The van der Waals surface area contributed by atoms with Crippen molar-refractivity contribution >= 4 is 12.0 Å². The Morgan fingerprint density at radius 1 is 0.903 bits per heavy atom. The molecule has 5 rings (SSSR count). The fourth-order valence-electron chi connectivity index (χ4n) is 4.98. The first-order valence-electron chi connectivity index (χ1n) is 11.0. The van der Waals surface area contributed by atoms with Gasteiger partial charge in [0.2, 0.25) is 0 Å². The number of anilines is 1. The Bertz CT molecular complexity index is 1040. The van der Waals surface area contributed by atoms with Gasteiger partial charge in [0.25, 0.3) is 0 Å². The highest BCUT2D eigenvalue weighted by Gasteiger charge is 2.33. The van der Waals surface area contributed by atoms with Crippen molar-refractivity contribution in [3.63, 3.8) is 0 Å². The van der Waals surface area contributed by atoms with Crippen molar-refractivity contribution in [1.82, 2.24) is 0 Å². The van der Waals surface area contributed by atoms with Crippen LogP contribution in [0.15, 0.2) is 72.8 Å². The van der Waals surface area contributed by atoms with Gasteiger partial charge in [-0.15, -0.1) is 0 Å². The molecule has 4 nitrogen and oxygen atoms in total. The zero-order valence-electron chi connectivity index (χ0n) is 17.5. The molecule has 4 heteroatoms. The molecule has 2 atom stereocenters. The minimum absolute atomic E-state index is 0.154. The highest BCUT2D eigenvalue weighted by Crippen LogP contribution is 2.47. The maximum absolute atomic E-state index is 11.0. The summed E-state index contributed by atoms with van der Waals surface area (Å²) < 4.78 is 6.07. The number of carbonyl (C=O) groups excluding carboxylic acids is 1. The summed E-state index contributed by atoms with van der Waals surface area (Å²) in [4.78, 5) is 13.4. The van der Waals surface area contributed by atoms with Crippen molar-refractivity contribution in [2.24, 2.45) is 5.92 Å². The van der Waals surface area contributed by atoms with Gasteiger partial charge in [0.1, 0.15) is 17.8 Å². The number of nitrogens with zero attached hydrogens (tertiary/aromatic N) is 1. The minimum atomic E-state index is 0.154. The summed E-state index contributed by atoms with van der Waals surface area (Å²) in [5.41, 5.74) is 4.82. The van der Waals surface area contributed by atoms with E-state index < -0.39 is 0 Å². The number of piperidine rings is 1. The number of aldehydes is 1. The largest absolute Gasteiger partial charge is 0.508 e. The molecule has 2 aliphatic rings. The predicted octanol–water partition coefficient (Wildman–Crippen LogP) is 5.12. The lowest BCUT2D eigenvalue weighted by Gasteiger charge is -2.35. The molecule has 3 aromatic carbocycles. The molecule has 2 aliphatic heterocycles. The second-order valence-corrected chi connectivity index (χ2v) is 8.58. The Balaban J connectivity index is 1.47. The number of phenolic OH excluding ortho intramolecular Hbond substituents is 1. The van der Waals surface area contributed by atoms with E-state index in [0.29, 0.717) is 6.61 Å². The van der Waals surface area contributed by atoms with E-state index >= 15 is 0 Å². The van der Waals surface area contributed by atoms with Gasteiger partial charge in [-0.2, -0.15) is 0 Å². The Morgan fingerprint density at radius 3 is 2.35 bits per heavy atom. The maximum atomic E-state index is 11.0. The molecule has 1 N–H and O–H groups in total. The number of phenols is 1. The van der Waals surface area contributed by atoms with E-state index in [0.717, 1.165) is 43.5 Å². The Labute approximate surface area is 183 Å². The van der Waals surface area contributed by atoms with Crippen LogP contribution in [-0.4, -0.2) is 31.1 Å². The van der Waals surface area contributed by atoms with Gasteiger partial charge in [0, 0.05) is 48.2 Å². The van der Waals surface area contributed by atoms with E-state index in [2.05, 4.69) is 53.4 Å². The molecule has 0 unspecified atom stereocenters. The molecule has 158 valence electrons. The number of hydrogen-bond acceptors (Lipinski definition) is 4. The first-order chi connectivity index (χ1) is 15.2. The third kappa shape index (κ3) is 3.90. The van der Waals surface area contributed by atoms with E-state index in [1.807, 2.05) is 12.1 Å².